The molecule has 2 aliphatic heterocycles. The minimum atomic E-state index is -0.341. The summed E-state index contributed by atoms with van der Waals surface area (Å²) >= 11 is 0. The number of hydrogen-bond acceptors (Lipinski definition) is 5. The third-order valence-corrected chi connectivity index (χ3v) is 11.1. The highest BCUT2D eigenvalue weighted by molar-refractivity contribution is 5.98. The second kappa shape index (κ2) is 10.2. The molecule has 2 aromatic carbocycles. The molecule has 8 heteroatoms. The molecule has 8 rings (SSSR count). The lowest BCUT2D eigenvalue weighted by Gasteiger charge is -2.59. The van der Waals surface area contributed by atoms with Crippen LogP contribution in [0.15, 0.2) is 48.5 Å². The number of fused-ring (bicyclic) bond motifs is 1. The number of rotatable bonds is 4. The Balaban J connectivity index is 1.04. The summed E-state index contributed by atoms with van der Waals surface area (Å²) in [6, 6.07) is 17.3. The summed E-state index contributed by atoms with van der Waals surface area (Å²) in [5.74, 6) is 1.14. The van der Waals surface area contributed by atoms with Crippen LogP contribution in [-0.4, -0.2) is 67.7 Å². The number of piperazine rings is 1. The fourth-order valence-corrected chi connectivity index (χ4v) is 9.10. The highest BCUT2D eigenvalue weighted by Gasteiger charge is 2.58. The van der Waals surface area contributed by atoms with Crippen LogP contribution in [0.2, 0.25) is 0 Å². The summed E-state index contributed by atoms with van der Waals surface area (Å²) in [6.45, 7) is 12.5. The van der Waals surface area contributed by atoms with Gasteiger partial charge in [-0.15, -0.1) is 0 Å². The SMILES string of the molecule is CC(C)(C)N1CCN(c2ccc(N3CCN(C(=O)NC4[C@@H]5CC6C[C@H]4CC(C(N)=O)(C6)C5)c4ccccc43)cc2)CC1. The quantitative estimate of drug-likeness (QED) is 0.543. The third-order valence-electron chi connectivity index (χ3n) is 11.1. The number of urea groups is 1. The van der Waals surface area contributed by atoms with Gasteiger partial charge in [0.2, 0.25) is 5.91 Å². The highest BCUT2D eigenvalue weighted by Crippen LogP contribution is 2.60. The molecule has 2 aromatic rings. The van der Waals surface area contributed by atoms with Gasteiger partial charge in [0.25, 0.3) is 0 Å². The maximum atomic E-state index is 13.8. The molecular weight excluding hydrogens is 524 g/mol. The van der Waals surface area contributed by atoms with E-state index in [2.05, 4.69) is 83.3 Å². The lowest BCUT2D eigenvalue weighted by Crippen LogP contribution is -2.63. The van der Waals surface area contributed by atoms with Crippen LogP contribution in [0, 0.1) is 23.2 Å². The van der Waals surface area contributed by atoms with Crippen LogP contribution in [0.25, 0.3) is 0 Å². The standard InChI is InChI=1S/C34H46N6O2/c1-33(2,3)38-14-12-37(13-15-38)26-8-10-27(11-9-26)39-16-17-40(29-7-5-4-6-28(29)39)32(42)36-30-24-18-23-19-25(30)22-34(20-23,21-24)31(35)41/h4-11,23-25,30H,12-22H2,1-3H3,(H2,35,41)(H,36,42)/t23?,24-,25+,30?,34?. The second-order valence-electron chi connectivity index (χ2n) is 14.5. The molecule has 0 radical (unpaired) electrons. The van der Waals surface area contributed by atoms with Crippen molar-refractivity contribution in [3.8, 4) is 0 Å². The van der Waals surface area contributed by atoms with E-state index >= 15 is 0 Å². The van der Waals surface area contributed by atoms with E-state index in [0.717, 1.165) is 81.9 Å². The van der Waals surface area contributed by atoms with Crippen LogP contribution in [0.1, 0.15) is 52.9 Å². The molecule has 4 bridgehead atoms. The van der Waals surface area contributed by atoms with Crippen molar-refractivity contribution >= 4 is 34.7 Å². The molecule has 4 saturated carbocycles. The first kappa shape index (κ1) is 27.6. The van der Waals surface area contributed by atoms with Gasteiger partial charge in [-0.1, -0.05) is 12.1 Å². The lowest BCUT2D eigenvalue weighted by atomic mass is 9.47. The first-order chi connectivity index (χ1) is 20.1. The number of carbonyl (C=O) groups is 2. The molecule has 5 fully saturated rings. The minimum Gasteiger partial charge on any atom is -0.369 e. The Labute approximate surface area is 250 Å². The van der Waals surface area contributed by atoms with E-state index in [4.69, 9.17) is 5.73 Å². The number of nitrogens with two attached hydrogens (primary N) is 1. The minimum absolute atomic E-state index is 0.0163. The van der Waals surface area contributed by atoms with Crippen molar-refractivity contribution < 1.29 is 9.59 Å². The van der Waals surface area contributed by atoms with Crippen molar-refractivity contribution in [3.05, 3.63) is 48.5 Å². The van der Waals surface area contributed by atoms with Crippen molar-refractivity contribution in [2.75, 3.05) is 54.0 Å². The molecule has 5 atom stereocenters. The predicted molar refractivity (Wildman–Crippen MR) is 168 cm³/mol. The van der Waals surface area contributed by atoms with Gasteiger partial charge in [-0.05, 0) is 107 Å². The van der Waals surface area contributed by atoms with Gasteiger partial charge in [0.1, 0.15) is 0 Å². The number of hydrogen-bond donors (Lipinski definition) is 2. The van der Waals surface area contributed by atoms with E-state index < -0.39 is 0 Å². The Morgan fingerprint density at radius 3 is 2.05 bits per heavy atom. The fourth-order valence-electron chi connectivity index (χ4n) is 9.10. The Bertz CT molecular complexity index is 1330. The van der Waals surface area contributed by atoms with Crippen molar-refractivity contribution in [2.24, 2.45) is 28.9 Å². The van der Waals surface area contributed by atoms with Crippen LogP contribution in [-0.2, 0) is 4.79 Å². The summed E-state index contributed by atoms with van der Waals surface area (Å²) in [7, 11) is 0. The van der Waals surface area contributed by atoms with Crippen molar-refractivity contribution in [1.29, 1.82) is 0 Å². The maximum absolute atomic E-state index is 13.8. The summed E-state index contributed by atoms with van der Waals surface area (Å²) in [5.41, 5.74) is 10.2. The Morgan fingerprint density at radius 2 is 1.43 bits per heavy atom. The largest absolute Gasteiger partial charge is 0.369 e. The van der Waals surface area contributed by atoms with E-state index in [0.29, 0.717) is 24.3 Å². The molecule has 6 aliphatic rings. The highest BCUT2D eigenvalue weighted by atomic mass is 16.2. The molecule has 224 valence electrons. The molecule has 4 aliphatic carbocycles. The third kappa shape index (κ3) is 4.72. The molecule has 3 unspecified atom stereocenters. The van der Waals surface area contributed by atoms with Crippen molar-refractivity contribution in [1.82, 2.24) is 10.2 Å². The lowest BCUT2D eigenvalue weighted by molar-refractivity contribution is -0.145. The Kier molecular flexibility index (Phi) is 6.68. The molecule has 3 N–H and O–H groups in total. The van der Waals surface area contributed by atoms with Crippen LogP contribution in [0.5, 0.6) is 0 Å². The van der Waals surface area contributed by atoms with Crippen LogP contribution in [0.3, 0.4) is 0 Å². The fraction of sp³-hybridized carbons (Fsp3) is 0.588. The first-order valence-electron chi connectivity index (χ1n) is 16.0. The molecule has 3 amide bonds. The molecule has 0 aromatic heterocycles. The van der Waals surface area contributed by atoms with Gasteiger partial charge in [0, 0.05) is 67.6 Å². The summed E-state index contributed by atoms with van der Waals surface area (Å²) in [4.78, 5) is 35.5. The van der Waals surface area contributed by atoms with Crippen LogP contribution in [0.4, 0.5) is 27.5 Å². The van der Waals surface area contributed by atoms with Gasteiger partial charge >= 0.3 is 6.03 Å². The number of primary amides is 1. The summed E-state index contributed by atoms with van der Waals surface area (Å²) < 4.78 is 0. The number of benzene rings is 2. The van der Waals surface area contributed by atoms with Gasteiger partial charge < -0.3 is 20.9 Å². The van der Waals surface area contributed by atoms with Crippen LogP contribution >= 0.6 is 0 Å². The van der Waals surface area contributed by atoms with E-state index in [1.807, 2.05) is 11.0 Å². The summed E-state index contributed by atoms with van der Waals surface area (Å²) in [5, 5.41) is 3.45. The topological polar surface area (TPSA) is 85.2 Å². The monoisotopic (exact) mass is 570 g/mol. The zero-order valence-electron chi connectivity index (χ0n) is 25.4. The van der Waals surface area contributed by atoms with Gasteiger partial charge in [0.15, 0.2) is 0 Å². The average Bonchev–Trinajstić information content (AvgIpc) is 2.97. The molecule has 2 heterocycles. The number of amides is 3. The van der Waals surface area contributed by atoms with E-state index in [9.17, 15) is 9.59 Å². The molecule has 42 heavy (non-hydrogen) atoms. The normalized spacial score (nSPS) is 30.8. The van der Waals surface area contributed by atoms with Crippen LogP contribution < -0.4 is 25.8 Å². The molecular formula is C34H46N6O2. The van der Waals surface area contributed by atoms with Gasteiger partial charge in [-0.25, -0.2) is 4.79 Å². The number of anilines is 4. The zero-order valence-corrected chi connectivity index (χ0v) is 25.4. The molecule has 0 spiro atoms. The Morgan fingerprint density at radius 1 is 0.810 bits per heavy atom. The molecule has 1 saturated heterocycles. The predicted octanol–water partition coefficient (Wildman–Crippen LogP) is 4.96. The second-order valence-corrected chi connectivity index (χ2v) is 14.5. The first-order valence-corrected chi connectivity index (χ1v) is 16.0. The molecule has 8 nitrogen and oxygen atoms in total. The smallest absolute Gasteiger partial charge is 0.322 e. The maximum Gasteiger partial charge on any atom is 0.322 e. The number of para-hydroxylation sites is 2. The number of carbonyl (C=O) groups excluding carboxylic acids is 2. The van der Waals surface area contributed by atoms with Gasteiger partial charge in [-0.2, -0.15) is 0 Å². The van der Waals surface area contributed by atoms with Gasteiger partial charge in [-0.3, -0.25) is 14.6 Å². The van der Waals surface area contributed by atoms with Crippen molar-refractivity contribution in [2.45, 2.75) is 64.5 Å². The average molecular weight is 571 g/mol. The summed E-state index contributed by atoms with van der Waals surface area (Å²) in [6.07, 6.45) is 4.80. The number of nitrogens with zero attached hydrogens (tertiary/aromatic N) is 4. The van der Waals surface area contributed by atoms with E-state index in [1.54, 1.807) is 0 Å². The van der Waals surface area contributed by atoms with E-state index in [1.165, 1.54) is 5.69 Å². The van der Waals surface area contributed by atoms with Gasteiger partial charge in [0.05, 0.1) is 11.4 Å². The van der Waals surface area contributed by atoms with Crippen molar-refractivity contribution in [3.63, 3.8) is 0 Å². The zero-order chi connectivity index (χ0) is 29.2. The van der Waals surface area contributed by atoms with E-state index in [-0.39, 0.29) is 28.9 Å². The number of nitrogens with one attached hydrogen (secondary N) is 1. The Hall–Kier alpha value is -3.26.